The largest absolute Gasteiger partial charge is 0.478 e. The van der Waals surface area contributed by atoms with E-state index in [2.05, 4.69) is 6.92 Å². The molecule has 0 heterocycles. The topological polar surface area (TPSA) is 57.5 Å². The van der Waals surface area contributed by atoms with Gasteiger partial charge in [-0.2, -0.15) is 0 Å². The van der Waals surface area contributed by atoms with Gasteiger partial charge in [-0.1, -0.05) is 38.7 Å². The number of carboxylic acids is 1. The van der Waals surface area contributed by atoms with Gasteiger partial charge in [0.15, 0.2) is 0 Å². The normalized spacial score (nSPS) is 10.8. The van der Waals surface area contributed by atoms with Gasteiger partial charge in [0.1, 0.15) is 0 Å². The second-order valence-corrected chi connectivity index (χ2v) is 5.46. The highest BCUT2D eigenvalue weighted by Crippen LogP contribution is 2.24. The zero-order valence-corrected chi connectivity index (χ0v) is 12.8. The van der Waals surface area contributed by atoms with E-state index in [-0.39, 0.29) is 6.61 Å². The molecule has 0 aromatic heterocycles. The minimum Gasteiger partial charge on any atom is -0.478 e. The standard InChI is InChI=1S/C17H26O3/c1-4-5-6-7-8-9-14-10-12(2)16(17(19)20)13(3)15(14)11-18/h10,18H,4-9,11H2,1-3H3,(H,19,20). The summed E-state index contributed by atoms with van der Waals surface area (Å²) in [5.41, 5.74) is 3.73. The molecule has 0 fully saturated rings. The minimum atomic E-state index is -0.913. The third kappa shape index (κ3) is 4.07. The molecule has 0 bridgehead atoms. The van der Waals surface area contributed by atoms with Gasteiger partial charge in [0.2, 0.25) is 0 Å². The van der Waals surface area contributed by atoms with Crippen molar-refractivity contribution in [1.29, 1.82) is 0 Å². The number of aryl methyl sites for hydroxylation is 2. The Morgan fingerprint density at radius 1 is 1.15 bits per heavy atom. The number of hydrogen-bond acceptors (Lipinski definition) is 2. The zero-order chi connectivity index (χ0) is 15.1. The first kappa shape index (κ1) is 16.7. The van der Waals surface area contributed by atoms with E-state index in [9.17, 15) is 15.0 Å². The lowest BCUT2D eigenvalue weighted by Gasteiger charge is -2.15. The summed E-state index contributed by atoms with van der Waals surface area (Å²) in [6.45, 7) is 5.73. The summed E-state index contributed by atoms with van der Waals surface area (Å²) in [5, 5.41) is 18.8. The number of aliphatic hydroxyl groups is 1. The number of carboxylic acid groups (broad SMARTS) is 1. The fourth-order valence-corrected chi connectivity index (χ4v) is 2.80. The lowest BCUT2D eigenvalue weighted by molar-refractivity contribution is 0.0695. The molecule has 0 spiro atoms. The number of hydrogen-bond donors (Lipinski definition) is 2. The summed E-state index contributed by atoms with van der Waals surface area (Å²) >= 11 is 0. The molecule has 0 saturated carbocycles. The van der Waals surface area contributed by atoms with E-state index in [0.29, 0.717) is 11.1 Å². The number of aliphatic hydroxyl groups excluding tert-OH is 1. The molecule has 3 heteroatoms. The fraction of sp³-hybridized carbons (Fsp3) is 0.588. The first-order valence-electron chi connectivity index (χ1n) is 7.49. The molecule has 1 rings (SSSR count). The maximum atomic E-state index is 11.3. The van der Waals surface area contributed by atoms with Crippen molar-refractivity contribution in [2.45, 2.75) is 65.9 Å². The number of benzene rings is 1. The van der Waals surface area contributed by atoms with Gasteiger partial charge in [-0.15, -0.1) is 0 Å². The predicted molar refractivity (Wildman–Crippen MR) is 81.3 cm³/mol. The summed E-state index contributed by atoms with van der Waals surface area (Å²) in [7, 11) is 0. The molecule has 20 heavy (non-hydrogen) atoms. The van der Waals surface area contributed by atoms with E-state index >= 15 is 0 Å². The lowest BCUT2D eigenvalue weighted by atomic mass is 9.90. The van der Waals surface area contributed by atoms with Crippen molar-refractivity contribution in [1.82, 2.24) is 0 Å². The van der Waals surface area contributed by atoms with Crippen molar-refractivity contribution >= 4 is 5.97 Å². The van der Waals surface area contributed by atoms with Crippen LogP contribution in [-0.4, -0.2) is 16.2 Å². The molecule has 0 aliphatic heterocycles. The van der Waals surface area contributed by atoms with Gasteiger partial charge < -0.3 is 10.2 Å². The average molecular weight is 278 g/mol. The molecule has 3 nitrogen and oxygen atoms in total. The van der Waals surface area contributed by atoms with Crippen LogP contribution in [0.3, 0.4) is 0 Å². The van der Waals surface area contributed by atoms with Crippen LogP contribution in [0.25, 0.3) is 0 Å². The van der Waals surface area contributed by atoms with Gasteiger partial charge in [-0.25, -0.2) is 4.79 Å². The van der Waals surface area contributed by atoms with Crippen LogP contribution in [0.5, 0.6) is 0 Å². The number of carbonyl (C=O) groups is 1. The van der Waals surface area contributed by atoms with E-state index < -0.39 is 5.97 Å². The second kappa shape index (κ2) is 8.05. The SMILES string of the molecule is CCCCCCCc1cc(C)c(C(=O)O)c(C)c1CO. The highest BCUT2D eigenvalue weighted by Gasteiger charge is 2.17. The molecule has 112 valence electrons. The van der Waals surface area contributed by atoms with Crippen LogP contribution in [0, 0.1) is 13.8 Å². The van der Waals surface area contributed by atoms with Gasteiger partial charge in [0, 0.05) is 0 Å². The van der Waals surface area contributed by atoms with Crippen LogP contribution in [0.15, 0.2) is 6.07 Å². The highest BCUT2D eigenvalue weighted by atomic mass is 16.4. The Morgan fingerprint density at radius 2 is 1.80 bits per heavy atom. The summed E-state index contributed by atoms with van der Waals surface area (Å²) in [5.74, 6) is -0.913. The minimum absolute atomic E-state index is 0.0866. The van der Waals surface area contributed by atoms with E-state index in [1.165, 1.54) is 25.7 Å². The maximum absolute atomic E-state index is 11.3. The number of unbranched alkanes of at least 4 members (excludes halogenated alkanes) is 4. The Bertz CT molecular complexity index is 464. The molecule has 0 aliphatic carbocycles. The van der Waals surface area contributed by atoms with E-state index in [0.717, 1.165) is 29.5 Å². The molecular weight excluding hydrogens is 252 g/mol. The van der Waals surface area contributed by atoms with Gasteiger partial charge in [0.05, 0.1) is 12.2 Å². The van der Waals surface area contributed by atoms with Gasteiger partial charge in [0.25, 0.3) is 0 Å². The smallest absolute Gasteiger partial charge is 0.336 e. The van der Waals surface area contributed by atoms with Crippen molar-refractivity contribution in [3.63, 3.8) is 0 Å². The fourth-order valence-electron chi connectivity index (χ4n) is 2.80. The summed E-state index contributed by atoms with van der Waals surface area (Å²) in [4.78, 5) is 11.3. The van der Waals surface area contributed by atoms with Crippen molar-refractivity contribution in [2.75, 3.05) is 0 Å². The summed E-state index contributed by atoms with van der Waals surface area (Å²) in [6, 6.07) is 1.93. The Kier molecular flexibility index (Phi) is 6.73. The van der Waals surface area contributed by atoms with Gasteiger partial charge >= 0.3 is 5.97 Å². The highest BCUT2D eigenvalue weighted by molar-refractivity contribution is 5.91. The van der Waals surface area contributed by atoms with Crippen molar-refractivity contribution in [3.05, 3.63) is 33.9 Å². The van der Waals surface area contributed by atoms with Gasteiger partial charge in [-0.05, 0) is 48.9 Å². The molecule has 2 N–H and O–H groups in total. The number of rotatable bonds is 8. The summed E-state index contributed by atoms with van der Waals surface area (Å²) < 4.78 is 0. The molecule has 0 unspecified atom stereocenters. The van der Waals surface area contributed by atoms with Crippen molar-refractivity contribution in [2.24, 2.45) is 0 Å². The average Bonchev–Trinajstić information content (AvgIpc) is 2.37. The first-order valence-corrected chi connectivity index (χ1v) is 7.49. The molecule has 0 atom stereocenters. The Labute approximate surface area is 121 Å². The van der Waals surface area contributed by atoms with E-state index in [1.54, 1.807) is 6.92 Å². The van der Waals surface area contributed by atoms with E-state index in [1.807, 2.05) is 13.0 Å². The molecule has 1 aromatic carbocycles. The molecule has 0 amide bonds. The second-order valence-electron chi connectivity index (χ2n) is 5.46. The monoisotopic (exact) mass is 278 g/mol. The Morgan fingerprint density at radius 3 is 2.35 bits per heavy atom. The van der Waals surface area contributed by atoms with Crippen LogP contribution < -0.4 is 0 Å². The van der Waals surface area contributed by atoms with Crippen LogP contribution >= 0.6 is 0 Å². The zero-order valence-electron chi connectivity index (χ0n) is 12.8. The number of aromatic carboxylic acids is 1. The maximum Gasteiger partial charge on any atom is 0.336 e. The lowest BCUT2D eigenvalue weighted by Crippen LogP contribution is -2.09. The quantitative estimate of drug-likeness (QED) is 0.706. The molecular formula is C17H26O3. The molecule has 0 aliphatic rings. The molecule has 0 radical (unpaired) electrons. The van der Waals surface area contributed by atoms with Crippen LogP contribution in [0.1, 0.15) is 71.6 Å². The van der Waals surface area contributed by atoms with Crippen molar-refractivity contribution < 1.29 is 15.0 Å². The van der Waals surface area contributed by atoms with Crippen LogP contribution in [0.2, 0.25) is 0 Å². The summed E-state index contributed by atoms with van der Waals surface area (Å²) in [6.07, 6.45) is 6.95. The van der Waals surface area contributed by atoms with E-state index in [4.69, 9.17) is 0 Å². The third-order valence-corrected chi connectivity index (χ3v) is 3.92. The predicted octanol–water partition coefficient (Wildman–Crippen LogP) is 4.01. The van der Waals surface area contributed by atoms with Crippen LogP contribution in [-0.2, 0) is 13.0 Å². The van der Waals surface area contributed by atoms with Crippen LogP contribution in [0.4, 0.5) is 0 Å². The van der Waals surface area contributed by atoms with Gasteiger partial charge in [-0.3, -0.25) is 0 Å². The molecule has 0 saturated heterocycles. The third-order valence-electron chi connectivity index (χ3n) is 3.92. The first-order chi connectivity index (χ1) is 9.52. The Hall–Kier alpha value is -1.35. The Balaban J connectivity index is 2.89. The van der Waals surface area contributed by atoms with Crippen molar-refractivity contribution in [3.8, 4) is 0 Å². The molecule has 1 aromatic rings.